The number of carboxylic acid groups (broad SMARTS) is 1. The van der Waals surface area contributed by atoms with E-state index in [9.17, 15) is 19.7 Å². The van der Waals surface area contributed by atoms with Crippen LogP contribution in [0.15, 0.2) is 47.4 Å². The van der Waals surface area contributed by atoms with E-state index in [4.69, 9.17) is 22.1 Å². The summed E-state index contributed by atoms with van der Waals surface area (Å²) in [6.07, 6.45) is 1.71. The van der Waals surface area contributed by atoms with Crippen LogP contribution in [0.1, 0.15) is 44.7 Å². The smallest absolute Gasteiger partial charge is 0.303 e. The molecule has 0 unspecified atom stereocenters. The number of hydrogen-bond acceptors (Lipinski definition) is 7. The number of rotatable bonds is 8. The minimum atomic E-state index is -0.949. The molecule has 1 N–H and O–H groups in total. The van der Waals surface area contributed by atoms with Crippen LogP contribution in [-0.2, 0) is 15.0 Å². The standard InChI is InChI=1S/C24H24N2O6S2/c1-24(2,3)16-6-9-18(10-7-16)32-19-11-8-17(26(30)31)13-15(19)14-20-22(29)25(23(33)34-20)12-4-5-21(27)28/h6-11,13-14H,4-5,12H2,1-3H3,(H,27,28)/b20-14-. The van der Waals surface area contributed by atoms with E-state index < -0.39 is 10.9 Å². The number of nitro benzene ring substituents is 1. The van der Waals surface area contributed by atoms with Crippen molar-refractivity contribution in [3.63, 3.8) is 0 Å². The first-order valence-electron chi connectivity index (χ1n) is 10.5. The van der Waals surface area contributed by atoms with E-state index in [1.807, 2.05) is 24.3 Å². The van der Waals surface area contributed by atoms with Crippen LogP contribution in [-0.4, -0.2) is 37.7 Å². The molecule has 2 aromatic carbocycles. The molecular formula is C24H24N2O6S2. The van der Waals surface area contributed by atoms with Crippen LogP contribution in [0.4, 0.5) is 5.69 Å². The highest BCUT2D eigenvalue weighted by atomic mass is 32.2. The van der Waals surface area contributed by atoms with Crippen LogP contribution >= 0.6 is 24.0 Å². The zero-order valence-electron chi connectivity index (χ0n) is 18.9. The van der Waals surface area contributed by atoms with Crippen LogP contribution in [0.5, 0.6) is 11.5 Å². The van der Waals surface area contributed by atoms with Gasteiger partial charge in [0.25, 0.3) is 11.6 Å². The zero-order chi connectivity index (χ0) is 25.0. The number of ether oxygens (including phenoxy) is 1. The number of thioether (sulfide) groups is 1. The molecule has 10 heteroatoms. The van der Waals surface area contributed by atoms with Crippen molar-refractivity contribution < 1.29 is 24.4 Å². The molecule has 0 bridgehead atoms. The first-order chi connectivity index (χ1) is 16.0. The predicted octanol–water partition coefficient (Wildman–Crippen LogP) is 5.75. The summed E-state index contributed by atoms with van der Waals surface area (Å²) in [6.45, 7) is 6.51. The van der Waals surface area contributed by atoms with E-state index in [0.717, 1.165) is 17.3 Å². The van der Waals surface area contributed by atoms with Gasteiger partial charge in [-0.25, -0.2) is 0 Å². The van der Waals surface area contributed by atoms with E-state index in [2.05, 4.69) is 20.8 Å². The van der Waals surface area contributed by atoms with Crippen LogP contribution in [0.25, 0.3) is 6.08 Å². The number of amides is 1. The summed E-state index contributed by atoms with van der Waals surface area (Å²) in [7, 11) is 0. The maximum absolute atomic E-state index is 12.8. The van der Waals surface area contributed by atoms with Gasteiger partial charge in [-0.05, 0) is 41.7 Å². The number of carbonyl (C=O) groups excluding carboxylic acids is 1. The summed E-state index contributed by atoms with van der Waals surface area (Å²) in [5.74, 6) is -0.412. The predicted molar refractivity (Wildman–Crippen MR) is 135 cm³/mol. The summed E-state index contributed by atoms with van der Waals surface area (Å²) in [5, 5.41) is 20.1. The van der Waals surface area contributed by atoms with Gasteiger partial charge < -0.3 is 9.84 Å². The monoisotopic (exact) mass is 500 g/mol. The normalized spacial score (nSPS) is 15.1. The molecule has 1 amide bonds. The molecule has 1 fully saturated rings. The molecule has 34 heavy (non-hydrogen) atoms. The molecule has 0 saturated carbocycles. The number of nitro groups is 1. The zero-order valence-corrected chi connectivity index (χ0v) is 20.6. The minimum Gasteiger partial charge on any atom is -0.481 e. The Morgan fingerprint density at radius 3 is 2.50 bits per heavy atom. The van der Waals surface area contributed by atoms with Crippen molar-refractivity contribution in [1.29, 1.82) is 0 Å². The molecule has 0 aliphatic carbocycles. The molecular weight excluding hydrogens is 476 g/mol. The number of non-ortho nitro benzene ring substituents is 1. The van der Waals surface area contributed by atoms with Crippen molar-refractivity contribution in [2.45, 2.75) is 39.0 Å². The van der Waals surface area contributed by atoms with Crippen molar-refractivity contribution in [3.05, 3.63) is 68.6 Å². The average molecular weight is 501 g/mol. The number of aliphatic carboxylic acids is 1. The molecule has 3 rings (SSSR count). The third-order valence-electron chi connectivity index (χ3n) is 5.08. The Kier molecular flexibility index (Phi) is 7.73. The number of carbonyl (C=O) groups is 2. The number of carboxylic acids is 1. The summed E-state index contributed by atoms with van der Waals surface area (Å²) >= 11 is 6.34. The van der Waals surface area contributed by atoms with E-state index >= 15 is 0 Å². The molecule has 178 valence electrons. The second-order valence-corrected chi connectivity index (χ2v) is 10.4. The second kappa shape index (κ2) is 10.4. The topological polar surface area (TPSA) is 110 Å². The lowest BCUT2D eigenvalue weighted by Crippen LogP contribution is -2.29. The molecule has 2 aromatic rings. The van der Waals surface area contributed by atoms with Crippen molar-refractivity contribution in [2.24, 2.45) is 0 Å². The molecule has 0 spiro atoms. The fourth-order valence-electron chi connectivity index (χ4n) is 3.23. The number of hydrogen-bond donors (Lipinski definition) is 1. The van der Waals surface area contributed by atoms with Gasteiger partial charge in [0.2, 0.25) is 0 Å². The quantitative estimate of drug-likeness (QED) is 0.211. The third kappa shape index (κ3) is 6.21. The lowest BCUT2D eigenvalue weighted by Gasteiger charge is -2.19. The van der Waals surface area contributed by atoms with Gasteiger partial charge in [0.1, 0.15) is 15.8 Å². The highest BCUT2D eigenvalue weighted by molar-refractivity contribution is 8.26. The van der Waals surface area contributed by atoms with Gasteiger partial charge in [-0.15, -0.1) is 0 Å². The maximum Gasteiger partial charge on any atom is 0.303 e. The van der Waals surface area contributed by atoms with E-state index in [1.54, 1.807) is 0 Å². The Balaban J connectivity index is 1.89. The van der Waals surface area contributed by atoms with Crippen LogP contribution in [0, 0.1) is 10.1 Å². The molecule has 1 heterocycles. The lowest BCUT2D eigenvalue weighted by molar-refractivity contribution is -0.384. The fourth-order valence-corrected chi connectivity index (χ4v) is 4.53. The van der Waals surface area contributed by atoms with Gasteiger partial charge in [-0.3, -0.25) is 24.6 Å². The van der Waals surface area contributed by atoms with Crippen molar-refractivity contribution in [2.75, 3.05) is 6.54 Å². The Morgan fingerprint density at radius 2 is 1.91 bits per heavy atom. The van der Waals surface area contributed by atoms with Crippen LogP contribution < -0.4 is 4.74 Å². The number of nitrogens with zero attached hydrogens (tertiary/aromatic N) is 2. The number of benzene rings is 2. The SMILES string of the molecule is CC(C)(C)c1ccc(Oc2ccc([N+](=O)[O-])cc2/C=C2\SC(=S)N(CCCC(=O)O)C2=O)cc1. The Bertz CT molecular complexity index is 1170. The summed E-state index contributed by atoms with van der Waals surface area (Å²) in [6, 6.07) is 11.8. The molecule has 1 aliphatic rings. The fraction of sp³-hybridized carbons (Fsp3) is 0.292. The molecule has 8 nitrogen and oxygen atoms in total. The Hall–Kier alpha value is -3.24. The Morgan fingerprint density at radius 1 is 1.24 bits per heavy atom. The van der Waals surface area contributed by atoms with Gasteiger partial charge in [-0.1, -0.05) is 56.9 Å². The van der Waals surface area contributed by atoms with E-state index in [1.165, 1.54) is 29.2 Å². The molecule has 1 aliphatic heterocycles. The second-order valence-electron chi connectivity index (χ2n) is 8.69. The van der Waals surface area contributed by atoms with Gasteiger partial charge in [0.15, 0.2) is 0 Å². The van der Waals surface area contributed by atoms with Crippen molar-refractivity contribution >= 4 is 51.9 Å². The summed E-state index contributed by atoms with van der Waals surface area (Å²) in [4.78, 5) is 36.0. The minimum absolute atomic E-state index is 0.0176. The number of thiocarbonyl (C=S) groups is 1. The van der Waals surface area contributed by atoms with Crippen molar-refractivity contribution in [1.82, 2.24) is 4.90 Å². The lowest BCUT2D eigenvalue weighted by atomic mass is 9.87. The molecule has 1 saturated heterocycles. The van der Waals surface area contributed by atoms with Gasteiger partial charge in [0.05, 0.1) is 9.83 Å². The van der Waals surface area contributed by atoms with Crippen LogP contribution in [0.2, 0.25) is 0 Å². The highest BCUT2D eigenvalue weighted by Crippen LogP contribution is 2.37. The van der Waals surface area contributed by atoms with Crippen molar-refractivity contribution in [3.8, 4) is 11.5 Å². The molecule has 0 atom stereocenters. The molecule has 0 radical (unpaired) electrons. The first-order valence-corrected chi connectivity index (χ1v) is 11.7. The van der Waals surface area contributed by atoms with E-state index in [-0.39, 0.29) is 41.3 Å². The average Bonchev–Trinajstić information content (AvgIpc) is 3.01. The van der Waals surface area contributed by atoms with E-state index in [0.29, 0.717) is 21.4 Å². The summed E-state index contributed by atoms with van der Waals surface area (Å²) in [5.41, 5.74) is 1.34. The Labute approximate surface area is 206 Å². The highest BCUT2D eigenvalue weighted by Gasteiger charge is 2.32. The third-order valence-corrected chi connectivity index (χ3v) is 6.46. The molecule has 0 aromatic heterocycles. The first kappa shape index (κ1) is 25.4. The largest absolute Gasteiger partial charge is 0.481 e. The van der Waals surface area contributed by atoms with Gasteiger partial charge in [0, 0.05) is 30.7 Å². The maximum atomic E-state index is 12.8. The van der Waals surface area contributed by atoms with Gasteiger partial charge >= 0.3 is 5.97 Å². The van der Waals surface area contributed by atoms with Gasteiger partial charge in [-0.2, -0.15) is 0 Å². The van der Waals surface area contributed by atoms with Crippen LogP contribution in [0.3, 0.4) is 0 Å². The summed E-state index contributed by atoms with van der Waals surface area (Å²) < 4.78 is 6.32.